The van der Waals surface area contributed by atoms with E-state index < -0.39 is 0 Å². The smallest absolute Gasteiger partial charge is 0.122 e. The average Bonchev–Trinajstić information content (AvgIpc) is 2.83. The van der Waals surface area contributed by atoms with Crippen molar-refractivity contribution in [1.29, 1.82) is 0 Å². The van der Waals surface area contributed by atoms with Crippen LogP contribution in [-0.2, 0) is 0 Å². The molecule has 1 aromatic carbocycles. The number of benzene rings is 1. The lowest BCUT2D eigenvalue weighted by molar-refractivity contribution is 0.294. The van der Waals surface area contributed by atoms with Gasteiger partial charge in [-0.2, -0.15) is 0 Å². The first-order valence-electron chi connectivity index (χ1n) is 7.25. The Morgan fingerprint density at radius 2 is 2.11 bits per heavy atom. The number of unbranched alkanes of at least 4 members (excludes halogenated alkanes) is 3. The van der Waals surface area contributed by atoms with Gasteiger partial charge in [-0.15, -0.1) is 0 Å². The second-order valence-electron chi connectivity index (χ2n) is 5.20. The van der Waals surface area contributed by atoms with Gasteiger partial charge in [0.05, 0.1) is 6.61 Å². The molecule has 0 saturated carbocycles. The van der Waals surface area contributed by atoms with E-state index in [0.29, 0.717) is 12.0 Å². The van der Waals surface area contributed by atoms with Crippen LogP contribution < -0.4 is 10.1 Å². The molecule has 0 bridgehead atoms. The van der Waals surface area contributed by atoms with Crippen LogP contribution in [0, 0.1) is 0 Å². The van der Waals surface area contributed by atoms with E-state index in [2.05, 4.69) is 43.6 Å². The molecule has 2 heteroatoms. The third-order valence-corrected chi connectivity index (χ3v) is 3.96. The standard InChI is InChI=1S/C16H25NO/c1-3-4-5-6-10-15(17-2)14-12-18-16-11-8-7-9-13(14)16/h7-9,11,14-15,17H,3-6,10,12H2,1-2H3. The van der Waals surface area contributed by atoms with Crippen molar-refractivity contribution in [3.8, 4) is 5.75 Å². The van der Waals surface area contributed by atoms with E-state index in [-0.39, 0.29) is 0 Å². The molecule has 0 saturated heterocycles. The Balaban J connectivity index is 1.93. The number of hydrogen-bond donors (Lipinski definition) is 1. The van der Waals surface area contributed by atoms with E-state index in [1.54, 1.807) is 0 Å². The summed E-state index contributed by atoms with van der Waals surface area (Å²) >= 11 is 0. The summed E-state index contributed by atoms with van der Waals surface area (Å²) in [4.78, 5) is 0. The fourth-order valence-electron chi connectivity index (χ4n) is 2.86. The highest BCUT2D eigenvalue weighted by Crippen LogP contribution is 2.36. The summed E-state index contributed by atoms with van der Waals surface area (Å²) in [5.74, 6) is 1.60. The topological polar surface area (TPSA) is 21.3 Å². The number of para-hydroxylation sites is 1. The summed E-state index contributed by atoms with van der Waals surface area (Å²) in [6, 6.07) is 9.01. The van der Waals surface area contributed by atoms with Crippen molar-refractivity contribution < 1.29 is 4.74 Å². The molecule has 18 heavy (non-hydrogen) atoms. The molecule has 0 amide bonds. The van der Waals surface area contributed by atoms with E-state index >= 15 is 0 Å². The van der Waals surface area contributed by atoms with E-state index in [0.717, 1.165) is 12.4 Å². The van der Waals surface area contributed by atoms with Crippen LogP contribution in [0.2, 0.25) is 0 Å². The zero-order chi connectivity index (χ0) is 12.8. The van der Waals surface area contributed by atoms with Crippen LogP contribution in [-0.4, -0.2) is 19.7 Å². The summed E-state index contributed by atoms with van der Waals surface area (Å²) in [5.41, 5.74) is 1.38. The first-order valence-corrected chi connectivity index (χ1v) is 7.25. The highest BCUT2D eigenvalue weighted by atomic mass is 16.5. The lowest BCUT2D eigenvalue weighted by atomic mass is 9.90. The highest BCUT2D eigenvalue weighted by Gasteiger charge is 2.29. The van der Waals surface area contributed by atoms with Gasteiger partial charge in [-0.05, 0) is 19.5 Å². The molecule has 2 rings (SSSR count). The Hall–Kier alpha value is -1.02. The molecule has 1 aliphatic heterocycles. The van der Waals surface area contributed by atoms with Crippen LogP contribution in [0.5, 0.6) is 5.75 Å². The van der Waals surface area contributed by atoms with Crippen molar-refractivity contribution in [2.45, 2.75) is 51.0 Å². The first kappa shape index (κ1) is 13.4. The van der Waals surface area contributed by atoms with E-state index in [9.17, 15) is 0 Å². The molecular formula is C16H25NO. The predicted molar refractivity (Wildman–Crippen MR) is 76.3 cm³/mol. The van der Waals surface area contributed by atoms with Gasteiger partial charge in [0.15, 0.2) is 0 Å². The molecule has 1 heterocycles. The fraction of sp³-hybridized carbons (Fsp3) is 0.625. The maximum absolute atomic E-state index is 5.78. The lowest BCUT2D eigenvalue weighted by Gasteiger charge is -2.22. The van der Waals surface area contributed by atoms with Gasteiger partial charge in [-0.25, -0.2) is 0 Å². The van der Waals surface area contributed by atoms with Crippen LogP contribution >= 0.6 is 0 Å². The molecule has 1 N–H and O–H groups in total. The quantitative estimate of drug-likeness (QED) is 0.741. The van der Waals surface area contributed by atoms with Crippen molar-refractivity contribution in [3.05, 3.63) is 29.8 Å². The number of nitrogens with one attached hydrogen (secondary N) is 1. The second-order valence-corrected chi connectivity index (χ2v) is 5.20. The zero-order valence-electron chi connectivity index (χ0n) is 11.6. The van der Waals surface area contributed by atoms with Gasteiger partial charge in [0.2, 0.25) is 0 Å². The minimum Gasteiger partial charge on any atom is -0.493 e. The number of hydrogen-bond acceptors (Lipinski definition) is 2. The molecule has 100 valence electrons. The Labute approximate surface area is 111 Å². The van der Waals surface area contributed by atoms with Crippen molar-refractivity contribution in [3.63, 3.8) is 0 Å². The van der Waals surface area contributed by atoms with E-state index in [1.807, 2.05) is 0 Å². The van der Waals surface area contributed by atoms with Crippen LogP contribution in [0.15, 0.2) is 24.3 Å². The molecule has 2 unspecified atom stereocenters. The number of likely N-dealkylation sites (N-methyl/N-ethyl adjacent to an activating group) is 1. The molecule has 1 aliphatic rings. The Kier molecular flexibility index (Phi) is 5.06. The first-order chi connectivity index (χ1) is 8.86. The van der Waals surface area contributed by atoms with Crippen LogP contribution in [0.4, 0.5) is 0 Å². The summed E-state index contributed by atoms with van der Waals surface area (Å²) < 4.78 is 5.78. The summed E-state index contributed by atoms with van der Waals surface area (Å²) in [7, 11) is 2.07. The summed E-state index contributed by atoms with van der Waals surface area (Å²) in [6.07, 6.45) is 6.58. The summed E-state index contributed by atoms with van der Waals surface area (Å²) in [5, 5.41) is 3.48. The van der Waals surface area contributed by atoms with E-state index in [1.165, 1.54) is 37.7 Å². The second kappa shape index (κ2) is 6.79. The van der Waals surface area contributed by atoms with Gasteiger partial charge in [-0.1, -0.05) is 50.8 Å². The lowest BCUT2D eigenvalue weighted by Crippen LogP contribution is -2.33. The number of ether oxygens (including phenoxy) is 1. The molecule has 0 aliphatic carbocycles. The van der Waals surface area contributed by atoms with Gasteiger partial charge in [0.25, 0.3) is 0 Å². The monoisotopic (exact) mass is 247 g/mol. The molecule has 0 aromatic heterocycles. The molecule has 0 radical (unpaired) electrons. The SMILES string of the molecule is CCCCCCC(NC)C1COc2ccccc21. The third kappa shape index (κ3) is 3.05. The average molecular weight is 247 g/mol. The molecule has 0 spiro atoms. The summed E-state index contributed by atoms with van der Waals surface area (Å²) in [6.45, 7) is 3.09. The van der Waals surface area contributed by atoms with Crippen molar-refractivity contribution in [2.75, 3.05) is 13.7 Å². The Morgan fingerprint density at radius 1 is 1.28 bits per heavy atom. The highest BCUT2D eigenvalue weighted by molar-refractivity contribution is 5.40. The maximum Gasteiger partial charge on any atom is 0.122 e. The Bertz CT molecular complexity index is 364. The zero-order valence-corrected chi connectivity index (χ0v) is 11.6. The van der Waals surface area contributed by atoms with Crippen LogP contribution in [0.25, 0.3) is 0 Å². The van der Waals surface area contributed by atoms with Gasteiger partial charge < -0.3 is 10.1 Å². The molecule has 0 fully saturated rings. The minimum atomic E-state index is 0.521. The van der Waals surface area contributed by atoms with E-state index in [4.69, 9.17) is 4.74 Å². The molecule has 2 nitrogen and oxygen atoms in total. The molecule has 1 aromatic rings. The van der Waals surface area contributed by atoms with Crippen LogP contribution in [0.3, 0.4) is 0 Å². The Morgan fingerprint density at radius 3 is 2.89 bits per heavy atom. The minimum absolute atomic E-state index is 0.521. The van der Waals surface area contributed by atoms with Gasteiger partial charge in [-0.3, -0.25) is 0 Å². The number of rotatable bonds is 7. The normalized spacial score (nSPS) is 19.3. The van der Waals surface area contributed by atoms with Gasteiger partial charge in [0, 0.05) is 17.5 Å². The van der Waals surface area contributed by atoms with Crippen molar-refractivity contribution in [1.82, 2.24) is 5.32 Å². The van der Waals surface area contributed by atoms with Crippen molar-refractivity contribution >= 4 is 0 Å². The van der Waals surface area contributed by atoms with Crippen LogP contribution in [0.1, 0.15) is 50.5 Å². The predicted octanol–water partition coefficient (Wildman–Crippen LogP) is 3.72. The van der Waals surface area contributed by atoms with Gasteiger partial charge in [0.1, 0.15) is 5.75 Å². The van der Waals surface area contributed by atoms with Crippen molar-refractivity contribution in [2.24, 2.45) is 0 Å². The number of fused-ring (bicyclic) bond motifs is 1. The third-order valence-electron chi connectivity index (χ3n) is 3.96. The maximum atomic E-state index is 5.78. The fourth-order valence-corrected chi connectivity index (χ4v) is 2.86. The molecular weight excluding hydrogens is 222 g/mol. The molecule has 2 atom stereocenters. The largest absolute Gasteiger partial charge is 0.493 e. The van der Waals surface area contributed by atoms with Gasteiger partial charge >= 0.3 is 0 Å².